The van der Waals surface area contributed by atoms with Crippen LogP contribution in [-0.4, -0.2) is 34.1 Å². The fourth-order valence-electron chi connectivity index (χ4n) is 1.85. The number of amides is 2. The number of nitrogens with zero attached hydrogens (tertiary/aromatic N) is 2. The largest absolute Gasteiger partial charge is 0.480 e. The van der Waals surface area contributed by atoms with Crippen molar-refractivity contribution >= 4 is 17.7 Å². The lowest BCUT2D eigenvalue weighted by Crippen LogP contribution is -2.50. The predicted octanol–water partition coefficient (Wildman–Crippen LogP) is 2.58. The molecular formula is C15H19N3O3. The molecule has 0 saturated carbocycles. The number of hydrogen-bond acceptors (Lipinski definition) is 3. The van der Waals surface area contributed by atoms with Crippen molar-refractivity contribution in [3.05, 3.63) is 29.3 Å². The van der Waals surface area contributed by atoms with Gasteiger partial charge in [0, 0.05) is 5.54 Å². The molecule has 21 heavy (non-hydrogen) atoms. The van der Waals surface area contributed by atoms with E-state index in [9.17, 15) is 9.59 Å². The van der Waals surface area contributed by atoms with Crippen LogP contribution in [0.1, 0.15) is 31.9 Å². The van der Waals surface area contributed by atoms with Crippen molar-refractivity contribution in [2.75, 3.05) is 11.9 Å². The molecular weight excluding hydrogens is 270 g/mol. The molecule has 0 radical (unpaired) electrons. The molecule has 0 heterocycles. The van der Waals surface area contributed by atoms with Crippen molar-refractivity contribution in [3.8, 4) is 6.07 Å². The average molecular weight is 289 g/mol. The van der Waals surface area contributed by atoms with Crippen LogP contribution in [-0.2, 0) is 4.79 Å². The standard InChI is InChI=1S/C15H19N3O3/c1-10-6-5-7-12(11(10)8-16)17-14(21)18(9-13(19)20)15(2,3)4/h5-7H,9H2,1-4H3,(H,17,21)(H,19,20). The number of rotatable bonds is 3. The van der Waals surface area contributed by atoms with Gasteiger partial charge in [0.25, 0.3) is 0 Å². The SMILES string of the molecule is Cc1cccc(NC(=O)N(CC(=O)O)C(C)(C)C)c1C#N. The third-order valence-electron chi connectivity index (χ3n) is 2.97. The number of hydrogen-bond donors (Lipinski definition) is 2. The summed E-state index contributed by atoms with van der Waals surface area (Å²) in [6, 6.07) is 6.60. The van der Waals surface area contributed by atoms with E-state index in [1.54, 1.807) is 45.9 Å². The van der Waals surface area contributed by atoms with E-state index in [2.05, 4.69) is 5.32 Å². The summed E-state index contributed by atoms with van der Waals surface area (Å²) in [5.41, 5.74) is 0.840. The second kappa shape index (κ2) is 6.27. The lowest BCUT2D eigenvalue weighted by molar-refractivity contribution is -0.138. The molecule has 112 valence electrons. The molecule has 1 aromatic rings. The zero-order valence-electron chi connectivity index (χ0n) is 12.6. The first-order chi connectivity index (χ1) is 9.66. The van der Waals surface area contributed by atoms with Gasteiger partial charge in [-0.1, -0.05) is 12.1 Å². The predicted molar refractivity (Wildman–Crippen MR) is 79.0 cm³/mol. The molecule has 0 atom stereocenters. The maximum atomic E-state index is 12.3. The van der Waals surface area contributed by atoms with Crippen LogP contribution in [0, 0.1) is 18.3 Å². The van der Waals surface area contributed by atoms with Crippen molar-refractivity contribution in [1.82, 2.24) is 4.90 Å². The van der Waals surface area contributed by atoms with Crippen LogP contribution in [0.2, 0.25) is 0 Å². The van der Waals surface area contributed by atoms with Crippen LogP contribution in [0.5, 0.6) is 0 Å². The highest BCUT2D eigenvalue weighted by molar-refractivity contribution is 5.93. The van der Waals surface area contributed by atoms with Crippen molar-refractivity contribution in [2.24, 2.45) is 0 Å². The Hall–Kier alpha value is -2.55. The van der Waals surface area contributed by atoms with Gasteiger partial charge in [0.2, 0.25) is 0 Å². The van der Waals surface area contributed by atoms with Crippen molar-refractivity contribution < 1.29 is 14.7 Å². The summed E-state index contributed by atoms with van der Waals surface area (Å²) in [5.74, 6) is -1.09. The third kappa shape index (κ3) is 4.21. The molecule has 0 saturated heterocycles. The van der Waals surface area contributed by atoms with Crippen LogP contribution in [0.4, 0.5) is 10.5 Å². The molecule has 0 aliphatic rings. The van der Waals surface area contributed by atoms with Gasteiger partial charge in [0.1, 0.15) is 12.6 Å². The van der Waals surface area contributed by atoms with Gasteiger partial charge in [0.05, 0.1) is 11.3 Å². The highest BCUT2D eigenvalue weighted by Crippen LogP contribution is 2.21. The first-order valence-electron chi connectivity index (χ1n) is 6.47. The molecule has 0 bridgehead atoms. The van der Waals surface area contributed by atoms with Gasteiger partial charge in [-0.3, -0.25) is 4.79 Å². The fourth-order valence-corrected chi connectivity index (χ4v) is 1.85. The zero-order valence-corrected chi connectivity index (χ0v) is 12.6. The number of benzene rings is 1. The highest BCUT2D eigenvalue weighted by Gasteiger charge is 2.28. The minimum Gasteiger partial charge on any atom is -0.480 e. The molecule has 0 unspecified atom stereocenters. The number of nitriles is 1. The molecule has 2 N–H and O–H groups in total. The summed E-state index contributed by atoms with van der Waals surface area (Å²) in [5, 5.41) is 20.7. The number of carboxylic acid groups (broad SMARTS) is 1. The number of aliphatic carboxylic acids is 1. The van der Waals surface area contributed by atoms with E-state index in [1.807, 2.05) is 6.07 Å². The van der Waals surface area contributed by atoms with Crippen LogP contribution < -0.4 is 5.32 Å². The normalized spacial score (nSPS) is 10.6. The smallest absolute Gasteiger partial charge is 0.323 e. The van der Waals surface area contributed by atoms with E-state index in [0.29, 0.717) is 11.3 Å². The maximum Gasteiger partial charge on any atom is 0.323 e. The topological polar surface area (TPSA) is 93.4 Å². The first kappa shape index (κ1) is 16.5. The van der Waals surface area contributed by atoms with E-state index in [4.69, 9.17) is 10.4 Å². The summed E-state index contributed by atoms with van der Waals surface area (Å²) >= 11 is 0. The first-order valence-corrected chi connectivity index (χ1v) is 6.47. The minimum absolute atomic E-state index is 0.370. The Labute approximate surface area is 124 Å². The second-order valence-corrected chi connectivity index (χ2v) is 5.69. The number of nitrogens with one attached hydrogen (secondary N) is 1. The van der Waals surface area contributed by atoms with Crippen molar-refractivity contribution in [2.45, 2.75) is 33.2 Å². The Balaban J connectivity index is 3.06. The summed E-state index contributed by atoms with van der Waals surface area (Å²) in [6.45, 7) is 6.60. The lowest BCUT2D eigenvalue weighted by Gasteiger charge is -2.34. The van der Waals surface area contributed by atoms with Crippen LogP contribution >= 0.6 is 0 Å². The average Bonchev–Trinajstić information content (AvgIpc) is 2.34. The molecule has 0 aliphatic heterocycles. The molecule has 6 nitrogen and oxygen atoms in total. The van der Waals surface area contributed by atoms with Crippen LogP contribution in [0.3, 0.4) is 0 Å². The van der Waals surface area contributed by atoms with Gasteiger partial charge in [-0.25, -0.2) is 4.79 Å². The summed E-state index contributed by atoms with van der Waals surface area (Å²) in [6.07, 6.45) is 0. The number of anilines is 1. The van der Waals surface area contributed by atoms with Gasteiger partial charge in [-0.05, 0) is 39.3 Å². The lowest BCUT2D eigenvalue weighted by atomic mass is 10.1. The Bertz CT molecular complexity index is 597. The molecule has 1 rings (SSSR count). The molecule has 0 spiro atoms. The number of carbonyl (C=O) groups excluding carboxylic acids is 1. The minimum atomic E-state index is -1.09. The molecule has 0 aliphatic carbocycles. The van der Waals surface area contributed by atoms with Crippen molar-refractivity contribution in [3.63, 3.8) is 0 Å². The number of carboxylic acids is 1. The highest BCUT2D eigenvalue weighted by atomic mass is 16.4. The Morgan fingerprint density at radius 1 is 1.38 bits per heavy atom. The number of urea groups is 1. The van der Waals surface area contributed by atoms with Gasteiger partial charge in [-0.15, -0.1) is 0 Å². The summed E-state index contributed by atoms with van der Waals surface area (Å²) < 4.78 is 0. The molecule has 0 aromatic heterocycles. The van der Waals surface area contributed by atoms with Gasteiger partial charge < -0.3 is 15.3 Å². The quantitative estimate of drug-likeness (QED) is 0.894. The van der Waals surface area contributed by atoms with Crippen LogP contribution in [0.25, 0.3) is 0 Å². The van der Waals surface area contributed by atoms with E-state index in [1.165, 1.54) is 4.90 Å². The monoisotopic (exact) mass is 289 g/mol. The van der Waals surface area contributed by atoms with E-state index in [0.717, 1.165) is 5.56 Å². The van der Waals surface area contributed by atoms with E-state index < -0.39 is 24.1 Å². The Kier molecular flexibility index (Phi) is 4.93. The van der Waals surface area contributed by atoms with E-state index >= 15 is 0 Å². The third-order valence-corrected chi connectivity index (χ3v) is 2.97. The second-order valence-electron chi connectivity index (χ2n) is 5.69. The Morgan fingerprint density at radius 2 is 2.00 bits per heavy atom. The van der Waals surface area contributed by atoms with Gasteiger partial charge >= 0.3 is 12.0 Å². The molecule has 6 heteroatoms. The summed E-state index contributed by atoms with van der Waals surface area (Å²) in [7, 11) is 0. The van der Waals surface area contributed by atoms with Crippen LogP contribution in [0.15, 0.2) is 18.2 Å². The molecule has 0 fully saturated rings. The van der Waals surface area contributed by atoms with Gasteiger partial charge in [-0.2, -0.15) is 5.26 Å². The number of carbonyl (C=O) groups is 2. The van der Waals surface area contributed by atoms with E-state index in [-0.39, 0.29) is 0 Å². The fraction of sp³-hybridized carbons (Fsp3) is 0.400. The number of aryl methyl sites for hydroxylation is 1. The Morgan fingerprint density at radius 3 is 2.48 bits per heavy atom. The molecule has 1 aromatic carbocycles. The maximum absolute atomic E-state index is 12.3. The van der Waals surface area contributed by atoms with Gasteiger partial charge in [0.15, 0.2) is 0 Å². The zero-order chi connectivity index (χ0) is 16.2. The summed E-state index contributed by atoms with van der Waals surface area (Å²) in [4.78, 5) is 24.4. The van der Waals surface area contributed by atoms with Crippen molar-refractivity contribution in [1.29, 1.82) is 5.26 Å². The molecule has 2 amide bonds.